The third-order valence-electron chi connectivity index (χ3n) is 1.75. The zero-order valence-corrected chi connectivity index (χ0v) is 7.51. The van der Waals surface area contributed by atoms with Gasteiger partial charge in [0.25, 0.3) is 0 Å². The normalized spacial score (nSPS) is 9.06. The lowest BCUT2D eigenvalue weighted by Gasteiger charge is -2.07. The largest absolute Gasteiger partial charge is 0.325 e. The molecule has 0 saturated carbocycles. The lowest BCUT2D eigenvalue weighted by molar-refractivity contribution is -0.105. The van der Waals surface area contributed by atoms with Crippen molar-refractivity contribution in [2.75, 3.05) is 5.32 Å². The first-order chi connectivity index (χ1) is 7.58. The number of amides is 1. The minimum atomic E-state index is -1.76. The molecule has 0 saturated heterocycles. The van der Waals surface area contributed by atoms with E-state index in [0.717, 1.165) is 6.07 Å². The van der Waals surface area contributed by atoms with Crippen LogP contribution in [-0.4, -0.2) is 6.41 Å². The highest BCUT2D eigenvalue weighted by atomic mass is 19.2. The molecule has 1 aromatic rings. The van der Waals surface area contributed by atoms with Crippen LogP contribution in [0.3, 0.4) is 0 Å². The quantitative estimate of drug-likeness (QED) is 0.610. The molecule has 7 heteroatoms. The Bertz CT molecular complexity index is 543. The van der Waals surface area contributed by atoms with Gasteiger partial charge in [-0.05, 0) is 0 Å². The highest BCUT2D eigenvalue weighted by Gasteiger charge is 2.24. The summed E-state index contributed by atoms with van der Waals surface area (Å²) in [6.45, 7) is 0. The van der Waals surface area contributed by atoms with Crippen LogP contribution >= 0.6 is 0 Å². The minimum Gasteiger partial charge on any atom is -0.325 e. The van der Waals surface area contributed by atoms with Crippen molar-refractivity contribution in [1.82, 2.24) is 0 Å². The van der Waals surface area contributed by atoms with E-state index in [0.29, 0.717) is 0 Å². The Kier molecular flexibility index (Phi) is 3.12. The molecular formula is C9H2F3N3O. The van der Waals surface area contributed by atoms with Crippen LogP contribution in [0.4, 0.5) is 18.9 Å². The molecule has 0 aromatic heterocycles. The van der Waals surface area contributed by atoms with Gasteiger partial charge in [-0.2, -0.15) is 10.5 Å². The zero-order chi connectivity index (χ0) is 12.3. The van der Waals surface area contributed by atoms with Gasteiger partial charge in [0, 0.05) is 0 Å². The molecule has 16 heavy (non-hydrogen) atoms. The summed E-state index contributed by atoms with van der Waals surface area (Å²) < 4.78 is 39.5. The molecule has 1 aromatic carbocycles. The summed E-state index contributed by atoms with van der Waals surface area (Å²) in [6, 6.07) is 2.29. The molecule has 0 unspecified atom stereocenters. The summed E-state index contributed by atoms with van der Waals surface area (Å²) >= 11 is 0. The maximum absolute atomic E-state index is 13.3. The molecule has 0 spiro atoms. The summed E-state index contributed by atoms with van der Waals surface area (Å²) in [6.07, 6.45) is -0.0161. The van der Waals surface area contributed by atoms with Crippen molar-refractivity contribution < 1.29 is 18.0 Å². The molecule has 0 heterocycles. The van der Waals surface area contributed by atoms with E-state index in [-0.39, 0.29) is 6.41 Å². The minimum absolute atomic E-state index is 0.0161. The van der Waals surface area contributed by atoms with Crippen LogP contribution in [0.2, 0.25) is 0 Å². The molecule has 1 N–H and O–H groups in total. The van der Waals surface area contributed by atoms with Gasteiger partial charge in [-0.1, -0.05) is 0 Å². The van der Waals surface area contributed by atoms with Gasteiger partial charge in [-0.25, -0.2) is 13.2 Å². The zero-order valence-electron chi connectivity index (χ0n) is 7.51. The van der Waals surface area contributed by atoms with Crippen LogP contribution < -0.4 is 5.32 Å². The average molecular weight is 225 g/mol. The second-order valence-electron chi connectivity index (χ2n) is 2.55. The summed E-state index contributed by atoms with van der Waals surface area (Å²) in [5, 5.41) is 18.6. The van der Waals surface area contributed by atoms with Crippen LogP contribution in [0, 0.1) is 40.1 Å². The molecule has 1 amide bonds. The number of anilines is 1. The molecular weight excluding hydrogens is 223 g/mol. The second kappa shape index (κ2) is 4.32. The molecule has 0 aliphatic heterocycles. The van der Waals surface area contributed by atoms with Crippen molar-refractivity contribution in [2.24, 2.45) is 0 Å². The van der Waals surface area contributed by atoms with E-state index < -0.39 is 34.3 Å². The van der Waals surface area contributed by atoms with Gasteiger partial charge in [0.15, 0.2) is 17.5 Å². The van der Waals surface area contributed by atoms with E-state index in [2.05, 4.69) is 0 Å². The first-order valence-electron chi connectivity index (χ1n) is 3.79. The highest BCUT2D eigenvalue weighted by Crippen LogP contribution is 2.28. The molecule has 0 atom stereocenters. The highest BCUT2D eigenvalue weighted by molar-refractivity contribution is 5.77. The molecule has 4 nitrogen and oxygen atoms in total. The second-order valence-corrected chi connectivity index (χ2v) is 2.55. The lowest BCUT2D eigenvalue weighted by Crippen LogP contribution is -2.07. The third-order valence-corrected chi connectivity index (χ3v) is 1.75. The van der Waals surface area contributed by atoms with Crippen LogP contribution in [0.25, 0.3) is 0 Å². The molecule has 1 rings (SSSR count). The number of hydrogen-bond acceptors (Lipinski definition) is 3. The predicted octanol–water partition coefficient (Wildman–Crippen LogP) is 1.42. The molecule has 0 radical (unpaired) electrons. The number of halogens is 3. The first-order valence-corrected chi connectivity index (χ1v) is 3.79. The SMILES string of the molecule is N#Cc1c(F)c(F)c(C#N)c(NC=O)c1F. The lowest BCUT2D eigenvalue weighted by atomic mass is 10.1. The fourth-order valence-corrected chi connectivity index (χ4v) is 1.06. The number of nitrogens with zero attached hydrogens (tertiary/aromatic N) is 2. The maximum Gasteiger partial charge on any atom is 0.211 e. The van der Waals surface area contributed by atoms with E-state index in [1.54, 1.807) is 5.32 Å². The van der Waals surface area contributed by atoms with Gasteiger partial charge < -0.3 is 5.32 Å². The van der Waals surface area contributed by atoms with Crippen molar-refractivity contribution in [3.05, 3.63) is 28.6 Å². The Hall–Kier alpha value is -2.54. The molecule has 0 aliphatic rings. The summed E-state index contributed by atoms with van der Waals surface area (Å²) in [7, 11) is 0. The summed E-state index contributed by atoms with van der Waals surface area (Å²) in [5.74, 6) is -4.91. The van der Waals surface area contributed by atoms with E-state index in [1.165, 1.54) is 6.07 Å². The average Bonchev–Trinajstić information content (AvgIpc) is 2.27. The van der Waals surface area contributed by atoms with Gasteiger partial charge in [0.1, 0.15) is 23.3 Å². The standard InChI is InChI=1S/C9H2F3N3O/c10-6-4(1-13)8(12)9(15-3-16)5(2-14)7(6)11/h3H,(H,15,16). The van der Waals surface area contributed by atoms with Crippen molar-refractivity contribution in [3.63, 3.8) is 0 Å². The Morgan fingerprint density at radius 3 is 1.94 bits per heavy atom. The Morgan fingerprint density at radius 2 is 1.50 bits per heavy atom. The predicted molar refractivity (Wildman–Crippen MR) is 45.4 cm³/mol. The number of carbonyl (C=O) groups is 1. The first kappa shape index (κ1) is 11.5. The van der Waals surface area contributed by atoms with Gasteiger partial charge in [-0.3, -0.25) is 4.79 Å². The summed E-state index contributed by atoms with van der Waals surface area (Å²) in [4.78, 5) is 10.1. The number of hydrogen-bond donors (Lipinski definition) is 1. The topological polar surface area (TPSA) is 76.7 Å². The van der Waals surface area contributed by atoms with Crippen molar-refractivity contribution in [1.29, 1.82) is 10.5 Å². The van der Waals surface area contributed by atoms with Crippen LogP contribution in [0.15, 0.2) is 0 Å². The Morgan fingerprint density at radius 1 is 1.00 bits per heavy atom. The fraction of sp³-hybridized carbons (Fsp3) is 0. The Labute approximate surface area is 87.5 Å². The van der Waals surface area contributed by atoms with Gasteiger partial charge in [-0.15, -0.1) is 0 Å². The van der Waals surface area contributed by atoms with Gasteiger partial charge >= 0.3 is 0 Å². The number of rotatable bonds is 2. The third kappa shape index (κ3) is 1.55. The molecule has 0 fully saturated rings. The monoisotopic (exact) mass is 225 g/mol. The van der Waals surface area contributed by atoms with Gasteiger partial charge in [0.05, 0.1) is 5.69 Å². The number of nitriles is 2. The maximum atomic E-state index is 13.3. The molecule has 0 bridgehead atoms. The summed E-state index contributed by atoms with van der Waals surface area (Å²) in [5.41, 5.74) is -3.05. The van der Waals surface area contributed by atoms with Crippen molar-refractivity contribution in [2.45, 2.75) is 0 Å². The number of benzene rings is 1. The van der Waals surface area contributed by atoms with E-state index in [1.807, 2.05) is 0 Å². The van der Waals surface area contributed by atoms with Gasteiger partial charge in [0.2, 0.25) is 6.41 Å². The van der Waals surface area contributed by atoms with Crippen LogP contribution in [-0.2, 0) is 4.79 Å². The number of nitrogens with one attached hydrogen (secondary N) is 1. The Balaban J connectivity index is 3.73. The van der Waals surface area contributed by atoms with Crippen molar-refractivity contribution >= 4 is 12.1 Å². The molecule has 80 valence electrons. The van der Waals surface area contributed by atoms with Crippen molar-refractivity contribution in [3.8, 4) is 12.1 Å². The fourth-order valence-electron chi connectivity index (χ4n) is 1.06. The van der Waals surface area contributed by atoms with E-state index >= 15 is 0 Å². The number of carbonyl (C=O) groups excluding carboxylic acids is 1. The smallest absolute Gasteiger partial charge is 0.211 e. The van der Waals surface area contributed by atoms with E-state index in [4.69, 9.17) is 10.5 Å². The van der Waals surface area contributed by atoms with Crippen LogP contribution in [0.5, 0.6) is 0 Å². The van der Waals surface area contributed by atoms with Crippen LogP contribution in [0.1, 0.15) is 11.1 Å². The van der Waals surface area contributed by atoms with E-state index in [9.17, 15) is 18.0 Å². The molecule has 0 aliphatic carbocycles.